The summed E-state index contributed by atoms with van der Waals surface area (Å²) in [6.07, 6.45) is 4.38. The minimum Gasteiger partial charge on any atom is -0.481 e. The normalized spacial score (nSPS) is 25.1. The third kappa shape index (κ3) is 3.93. The molecule has 4 rings (SSSR count). The molecule has 0 unspecified atom stereocenters. The van der Waals surface area contributed by atoms with Crippen molar-refractivity contribution in [2.45, 2.75) is 44.3 Å². The van der Waals surface area contributed by atoms with Crippen LogP contribution in [0.2, 0.25) is 0 Å². The first-order valence-electron chi connectivity index (χ1n) is 8.40. The Morgan fingerprint density at radius 2 is 2.12 bits per heavy atom. The number of carbonyl (C=O) groups excluding carboxylic acids is 1. The number of nitrogens with two attached hydrogens (primary N) is 1. The summed E-state index contributed by atoms with van der Waals surface area (Å²) in [6, 6.07) is 9.08. The summed E-state index contributed by atoms with van der Waals surface area (Å²) in [6.45, 7) is 1.57. The van der Waals surface area contributed by atoms with Gasteiger partial charge in [0.25, 0.3) is 5.97 Å². The summed E-state index contributed by atoms with van der Waals surface area (Å²) >= 11 is 0. The number of benzene rings is 1. The lowest BCUT2D eigenvalue weighted by Crippen LogP contribution is -2.54. The third-order valence-electron chi connectivity index (χ3n) is 4.64. The second kappa shape index (κ2) is 7.14. The Morgan fingerprint density at radius 3 is 2.80 bits per heavy atom. The number of aromatic amines is 1. The van der Waals surface area contributed by atoms with E-state index in [0.29, 0.717) is 6.61 Å². The fourth-order valence-corrected chi connectivity index (χ4v) is 3.43. The number of nitrogens with zero attached hydrogens (tertiary/aromatic N) is 1. The van der Waals surface area contributed by atoms with Crippen molar-refractivity contribution in [1.82, 2.24) is 9.88 Å². The average Bonchev–Trinajstić information content (AvgIpc) is 3.10. The third-order valence-corrected chi connectivity index (χ3v) is 4.64. The van der Waals surface area contributed by atoms with Gasteiger partial charge in [0.15, 0.2) is 0 Å². The Kier molecular flexibility index (Phi) is 4.94. The lowest BCUT2D eigenvalue weighted by atomic mass is 9.85. The molecule has 2 aliphatic rings. The minimum atomic E-state index is -0.833. The number of amides is 1. The zero-order valence-electron chi connectivity index (χ0n) is 14.1. The van der Waals surface area contributed by atoms with Crippen molar-refractivity contribution in [3.8, 4) is 0 Å². The van der Waals surface area contributed by atoms with Crippen molar-refractivity contribution >= 4 is 23.0 Å². The molecule has 1 aliphatic carbocycles. The maximum Gasteiger partial charge on any atom is 0.410 e. The van der Waals surface area contributed by atoms with Crippen LogP contribution in [0.25, 0.3) is 10.9 Å². The molecule has 2 fully saturated rings. The molecule has 4 N–H and O–H groups in total. The molecule has 7 nitrogen and oxygen atoms in total. The van der Waals surface area contributed by atoms with Crippen molar-refractivity contribution in [2.24, 2.45) is 5.73 Å². The number of nitrogens with one attached hydrogen (secondary N) is 1. The van der Waals surface area contributed by atoms with Gasteiger partial charge in [0, 0.05) is 30.7 Å². The smallest absolute Gasteiger partial charge is 0.410 e. The molecule has 7 heteroatoms. The lowest BCUT2D eigenvalue weighted by Gasteiger charge is -2.40. The number of hydrogen-bond donors (Lipinski definition) is 3. The highest BCUT2D eigenvalue weighted by molar-refractivity contribution is 5.80. The molecule has 25 heavy (non-hydrogen) atoms. The standard InChI is InChI=1S/C16H19N3O2.C2H4O2/c17-12-7-13(8-12)19-14(9-21-16(19)20)6-10-1-2-15-11(5-10)3-4-18-15;1-2(3)4/h1-5,12-14,18H,6-9,17H2;1H3,(H,3,4)/t12?,13?,14-;/m0./s1. The number of carbonyl (C=O) groups is 2. The topological polar surface area (TPSA) is 109 Å². The summed E-state index contributed by atoms with van der Waals surface area (Å²) in [5.74, 6) is -0.833. The van der Waals surface area contributed by atoms with E-state index >= 15 is 0 Å². The highest BCUT2D eigenvalue weighted by Gasteiger charge is 2.42. The van der Waals surface area contributed by atoms with Crippen molar-refractivity contribution in [1.29, 1.82) is 0 Å². The van der Waals surface area contributed by atoms with E-state index in [1.807, 2.05) is 11.1 Å². The van der Waals surface area contributed by atoms with Gasteiger partial charge >= 0.3 is 6.09 Å². The van der Waals surface area contributed by atoms with Crippen LogP contribution in [0.5, 0.6) is 0 Å². The van der Waals surface area contributed by atoms with E-state index < -0.39 is 5.97 Å². The van der Waals surface area contributed by atoms with Crippen LogP contribution in [0.15, 0.2) is 30.5 Å². The molecular weight excluding hydrogens is 322 g/mol. The molecule has 0 spiro atoms. The van der Waals surface area contributed by atoms with Crippen LogP contribution in [0.1, 0.15) is 25.3 Å². The van der Waals surface area contributed by atoms with Gasteiger partial charge in [-0.15, -0.1) is 0 Å². The molecule has 1 aromatic carbocycles. The lowest BCUT2D eigenvalue weighted by molar-refractivity contribution is -0.134. The second-order valence-electron chi connectivity index (χ2n) is 6.65. The van der Waals surface area contributed by atoms with Gasteiger partial charge in [0.1, 0.15) is 6.61 Å². The predicted octanol–water partition coefficient (Wildman–Crippen LogP) is 2.11. The van der Waals surface area contributed by atoms with Gasteiger partial charge in [0.2, 0.25) is 0 Å². The summed E-state index contributed by atoms with van der Waals surface area (Å²) in [7, 11) is 0. The maximum atomic E-state index is 11.9. The second-order valence-corrected chi connectivity index (χ2v) is 6.65. The number of carboxylic acid groups (broad SMARTS) is 1. The Hall–Kier alpha value is -2.54. The van der Waals surface area contributed by atoms with Crippen LogP contribution < -0.4 is 5.73 Å². The van der Waals surface area contributed by atoms with E-state index in [9.17, 15) is 4.79 Å². The quantitative estimate of drug-likeness (QED) is 0.789. The van der Waals surface area contributed by atoms with Crippen LogP contribution in [-0.2, 0) is 16.0 Å². The summed E-state index contributed by atoms with van der Waals surface area (Å²) < 4.78 is 5.25. The zero-order valence-corrected chi connectivity index (χ0v) is 14.1. The highest BCUT2D eigenvalue weighted by Crippen LogP contribution is 2.31. The van der Waals surface area contributed by atoms with E-state index in [0.717, 1.165) is 31.7 Å². The summed E-state index contributed by atoms with van der Waals surface area (Å²) in [5, 5.41) is 8.62. The van der Waals surface area contributed by atoms with Gasteiger partial charge in [-0.1, -0.05) is 6.07 Å². The van der Waals surface area contributed by atoms with Crippen LogP contribution in [0, 0.1) is 0 Å². The van der Waals surface area contributed by atoms with Gasteiger partial charge in [-0.25, -0.2) is 4.79 Å². The zero-order chi connectivity index (χ0) is 18.0. The van der Waals surface area contributed by atoms with E-state index in [4.69, 9.17) is 20.4 Å². The first kappa shape index (κ1) is 17.3. The van der Waals surface area contributed by atoms with E-state index in [1.165, 1.54) is 10.9 Å². The highest BCUT2D eigenvalue weighted by atomic mass is 16.6. The average molecular weight is 345 g/mol. The SMILES string of the molecule is CC(=O)O.NC1CC(N2C(=O)OC[C@@H]2Cc2ccc3[nH]ccc3c2)C1. The predicted molar refractivity (Wildman–Crippen MR) is 93.3 cm³/mol. The van der Waals surface area contributed by atoms with Gasteiger partial charge in [0.05, 0.1) is 6.04 Å². The number of carboxylic acids is 1. The molecule has 0 bridgehead atoms. The Bertz CT molecular complexity index is 763. The molecule has 0 radical (unpaired) electrons. The van der Waals surface area contributed by atoms with Crippen LogP contribution in [0.4, 0.5) is 4.79 Å². The molecular formula is C18H23N3O4. The fourth-order valence-electron chi connectivity index (χ4n) is 3.43. The Labute approximate surface area is 145 Å². The van der Waals surface area contributed by atoms with Gasteiger partial charge in [-0.3, -0.25) is 9.69 Å². The number of hydrogen-bond acceptors (Lipinski definition) is 4. The van der Waals surface area contributed by atoms with E-state index in [-0.39, 0.29) is 24.2 Å². The van der Waals surface area contributed by atoms with Crippen LogP contribution in [0.3, 0.4) is 0 Å². The number of cyclic esters (lactones) is 1. The number of ether oxygens (including phenoxy) is 1. The van der Waals surface area contributed by atoms with Crippen LogP contribution >= 0.6 is 0 Å². The molecule has 2 heterocycles. The molecule has 1 atom stereocenters. The van der Waals surface area contributed by atoms with Crippen LogP contribution in [-0.4, -0.2) is 51.8 Å². The number of H-pyrrole nitrogens is 1. The van der Waals surface area contributed by atoms with Crippen molar-refractivity contribution in [3.63, 3.8) is 0 Å². The molecule has 1 amide bonds. The van der Waals surface area contributed by atoms with Gasteiger partial charge in [-0.2, -0.15) is 0 Å². The minimum absolute atomic E-state index is 0.131. The number of aromatic nitrogens is 1. The number of fused-ring (bicyclic) bond motifs is 1. The van der Waals surface area contributed by atoms with E-state index in [2.05, 4.69) is 29.2 Å². The van der Waals surface area contributed by atoms with Gasteiger partial charge in [-0.05, 0) is 48.4 Å². The molecule has 134 valence electrons. The Morgan fingerprint density at radius 1 is 1.40 bits per heavy atom. The van der Waals surface area contributed by atoms with Gasteiger partial charge < -0.3 is 20.6 Å². The monoisotopic (exact) mass is 345 g/mol. The summed E-state index contributed by atoms with van der Waals surface area (Å²) in [4.78, 5) is 26.0. The van der Waals surface area contributed by atoms with Crippen molar-refractivity contribution < 1.29 is 19.4 Å². The number of aliphatic carboxylic acids is 1. The summed E-state index contributed by atoms with van der Waals surface area (Å²) in [5.41, 5.74) is 8.22. The first-order valence-corrected chi connectivity index (χ1v) is 8.40. The molecule has 1 saturated carbocycles. The fraction of sp³-hybridized carbons (Fsp3) is 0.444. The largest absolute Gasteiger partial charge is 0.481 e. The Balaban J connectivity index is 0.000000415. The number of rotatable bonds is 3. The van der Waals surface area contributed by atoms with Crippen molar-refractivity contribution in [2.75, 3.05) is 6.61 Å². The first-order chi connectivity index (χ1) is 11.9. The molecule has 2 aromatic rings. The molecule has 1 aliphatic heterocycles. The molecule has 1 saturated heterocycles. The van der Waals surface area contributed by atoms with E-state index in [1.54, 1.807) is 0 Å². The molecule has 1 aromatic heterocycles. The van der Waals surface area contributed by atoms with Crippen molar-refractivity contribution in [3.05, 3.63) is 36.0 Å². The maximum absolute atomic E-state index is 11.9.